The first kappa shape index (κ1) is 14.2. The minimum atomic E-state index is -4.31. The highest BCUT2D eigenvalue weighted by Gasteiger charge is 2.35. The maximum absolute atomic E-state index is 11.8. The molecule has 1 heterocycles. The summed E-state index contributed by atoms with van der Waals surface area (Å²) in [6, 6.07) is -0.275. The lowest BCUT2D eigenvalue weighted by Gasteiger charge is -2.23. The van der Waals surface area contributed by atoms with Crippen LogP contribution in [0.15, 0.2) is 0 Å². The van der Waals surface area contributed by atoms with E-state index in [2.05, 4.69) is 10.1 Å². The Bertz CT molecular complexity index is 271. The number of amides is 1. The van der Waals surface area contributed by atoms with Crippen molar-refractivity contribution in [3.8, 4) is 0 Å². The van der Waals surface area contributed by atoms with Gasteiger partial charge in [0.25, 0.3) is 0 Å². The van der Waals surface area contributed by atoms with E-state index < -0.39 is 12.8 Å². The third kappa shape index (κ3) is 4.16. The summed E-state index contributed by atoms with van der Waals surface area (Å²) in [6.07, 6.45) is -3.70. The molecule has 1 aliphatic rings. The Balaban J connectivity index is 2.33. The van der Waals surface area contributed by atoms with Crippen molar-refractivity contribution in [3.63, 3.8) is 0 Å². The van der Waals surface area contributed by atoms with Gasteiger partial charge in [0.1, 0.15) is 6.61 Å². The van der Waals surface area contributed by atoms with Crippen LogP contribution in [0.5, 0.6) is 0 Å². The fraction of sp³-hybridized carbons (Fsp3) is 0.900. The van der Waals surface area contributed by atoms with Crippen molar-refractivity contribution < 1.29 is 22.7 Å². The highest BCUT2D eigenvalue weighted by Crippen LogP contribution is 2.15. The summed E-state index contributed by atoms with van der Waals surface area (Å²) < 4.78 is 39.9. The number of halogens is 3. The number of carbonyl (C=O) groups is 1. The second-order valence-corrected chi connectivity index (χ2v) is 4.01. The lowest BCUT2D eigenvalue weighted by Crippen LogP contribution is -2.39. The van der Waals surface area contributed by atoms with E-state index >= 15 is 0 Å². The van der Waals surface area contributed by atoms with Crippen LogP contribution in [-0.4, -0.2) is 48.9 Å². The number of alkyl halides is 3. The molecule has 0 aromatic rings. The summed E-state index contributed by atoms with van der Waals surface area (Å²) in [4.78, 5) is 13.2. The average molecular weight is 254 g/mol. The minimum absolute atomic E-state index is 0.0903. The SMILES string of the molecule is CCC1NC(C)C(=O)N1CCOCC(F)(F)F. The molecule has 1 N–H and O–H groups in total. The number of nitrogens with zero attached hydrogens (tertiary/aromatic N) is 1. The number of carbonyl (C=O) groups excluding carboxylic acids is 1. The molecule has 2 atom stereocenters. The Kier molecular flexibility index (Phi) is 4.76. The molecule has 1 amide bonds. The van der Waals surface area contributed by atoms with Crippen LogP contribution in [0, 0.1) is 0 Å². The standard InChI is InChI=1S/C10H17F3N2O2/c1-3-8-14-7(2)9(16)15(8)4-5-17-6-10(11,12)13/h7-8,14H,3-6H2,1-2H3. The number of ether oxygens (including phenoxy) is 1. The van der Waals surface area contributed by atoms with E-state index in [1.807, 2.05) is 6.92 Å². The fourth-order valence-corrected chi connectivity index (χ4v) is 1.81. The topological polar surface area (TPSA) is 41.6 Å². The first-order valence-corrected chi connectivity index (χ1v) is 5.56. The molecule has 4 nitrogen and oxygen atoms in total. The summed E-state index contributed by atoms with van der Waals surface area (Å²) in [5.41, 5.74) is 0. The van der Waals surface area contributed by atoms with E-state index in [9.17, 15) is 18.0 Å². The van der Waals surface area contributed by atoms with Crippen LogP contribution in [-0.2, 0) is 9.53 Å². The molecule has 1 rings (SSSR count). The molecule has 1 saturated heterocycles. The quantitative estimate of drug-likeness (QED) is 0.748. The Hall–Kier alpha value is -0.820. The van der Waals surface area contributed by atoms with Crippen molar-refractivity contribution in [1.29, 1.82) is 0 Å². The predicted molar refractivity (Wildman–Crippen MR) is 55.3 cm³/mol. The smallest absolute Gasteiger partial charge is 0.370 e. The summed E-state index contributed by atoms with van der Waals surface area (Å²) in [5.74, 6) is -0.0903. The number of rotatable bonds is 5. The Labute approximate surface area is 98.1 Å². The molecule has 1 fully saturated rings. The van der Waals surface area contributed by atoms with E-state index in [-0.39, 0.29) is 31.3 Å². The monoisotopic (exact) mass is 254 g/mol. The Morgan fingerprint density at radius 3 is 2.65 bits per heavy atom. The first-order chi connectivity index (χ1) is 7.85. The van der Waals surface area contributed by atoms with Crippen molar-refractivity contribution in [1.82, 2.24) is 10.2 Å². The van der Waals surface area contributed by atoms with Crippen LogP contribution in [0.4, 0.5) is 13.2 Å². The first-order valence-electron chi connectivity index (χ1n) is 5.56. The van der Waals surface area contributed by atoms with Crippen LogP contribution in [0.2, 0.25) is 0 Å². The number of nitrogens with one attached hydrogen (secondary N) is 1. The van der Waals surface area contributed by atoms with Crippen molar-refractivity contribution in [2.24, 2.45) is 0 Å². The lowest BCUT2D eigenvalue weighted by atomic mass is 10.3. The van der Waals surface area contributed by atoms with Gasteiger partial charge in [0, 0.05) is 6.54 Å². The van der Waals surface area contributed by atoms with Gasteiger partial charge >= 0.3 is 6.18 Å². The molecule has 100 valence electrons. The van der Waals surface area contributed by atoms with E-state index in [0.717, 1.165) is 6.42 Å². The van der Waals surface area contributed by atoms with Crippen molar-refractivity contribution >= 4 is 5.91 Å². The molecule has 0 bridgehead atoms. The van der Waals surface area contributed by atoms with E-state index in [4.69, 9.17) is 0 Å². The molecule has 0 aliphatic carbocycles. The van der Waals surface area contributed by atoms with Gasteiger partial charge in [0.2, 0.25) is 5.91 Å². The summed E-state index contributed by atoms with van der Waals surface area (Å²) >= 11 is 0. The summed E-state index contributed by atoms with van der Waals surface area (Å²) in [6.45, 7) is 2.46. The van der Waals surface area contributed by atoms with Gasteiger partial charge in [-0.2, -0.15) is 13.2 Å². The molecule has 2 unspecified atom stereocenters. The van der Waals surface area contributed by atoms with Crippen LogP contribution in [0.3, 0.4) is 0 Å². The van der Waals surface area contributed by atoms with Gasteiger partial charge in [-0.3, -0.25) is 10.1 Å². The zero-order valence-corrected chi connectivity index (χ0v) is 9.88. The van der Waals surface area contributed by atoms with Gasteiger partial charge in [-0.15, -0.1) is 0 Å². The number of hydrogen-bond donors (Lipinski definition) is 1. The molecule has 7 heteroatoms. The summed E-state index contributed by atoms with van der Waals surface area (Å²) in [7, 11) is 0. The van der Waals surface area contributed by atoms with E-state index in [0.29, 0.717) is 0 Å². The van der Waals surface area contributed by atoms with Gasteiger partial charge in [-0.05, 0) is 13.3 Å². The minimum Gasteiger partial charge on any atom is -0.370 e. The van der Waals surface area contributed by atoms with Gasteiger partial charge < -0.3 is 9.64 Å². The van der Waals surface area contributed by atoms with Crippen molar-refractivity contribution in [2.75, 3.05) is 19.8 Å². The second-order valence-electron chi connectivity index (χ2n) is 4.01. The molecule has 0 aromatic heterocycles. The van der Waals surface area contributed by atoms with Crippen LogP contribution < -0.4 is 5.32 Å². The van der Waals surface area contributed by atoms with Gasteiger partial charge in [-0.25, -0.2) is 0 Å². The maximum atomic E-state index is 11.8. The third-order valence-corrected chi connectivity index (χ3v) is 2.60. The predicted octanol–water partition coefficient (Wildman–Crippen LogP) is 1.12. The van der Waals surface area contributed by atoms with Crippen LogP contribution >= 0.6 is 0 Å². The molecule has 0 saturated carbocycles. The average Bonchev–Trinajstić information content (AvgIpc) is 2.49. The van der Waals surface area contributed by atoms with Gasteiger partial charge in [-0.1, -0.05) is 6.92 Å². The van der Waals surface area contributed by atoms with Crippen LogP contribution in [0.25, 0.3) is 0 Å². The van der Waals surface area contributed by atoms with Crippen LogP contribution in [0.1, 0.15) is 20.3 Å². The summed E-state index contributed by atoms with van der Waals surface area (Å²) in [5, 5.41) is 3.06. The maximum Gasteiger partial charge on any atom is 0.411 e. The molecular weight excluding hydrogens is 237 g/mol. The molecule has 0 aromatic carbocycles. The number of hydrogen-bond acceptors (Lipinski definition) is 3. The largest absolute Gasteiger partial charge is 0.411 e. The third-order valence-electron chi connectivity index (χ3n) is 2.60. The molecule has 17 heavy (non-hydrogen) atoms. The van der Waals surface area contributed by atoms with Crippen molar-refractivity contribution in [3.05, 3.63) is 0 Å². The molecular formula is C10H17F3N2O2. The van der Waals surface area contributed by atoms with Gasteiger partial charge in [0.15, 0.2) is 0 Å². The highest BCUT2D eigenvalue weighted by molar-refractivity contribution is 5.83. The van der Waals surface area contributed by atoms with E-state index in [1.165, 1.54) is 4.90 Å². The van der Waals surface area contributed by atoms with E-state index in [1.54, 1.807) is 6.92 Å². The molecule has 1 aliphatic heterocycles. The normalized spacial score (nSPS) is 25.7. The Morgan fingerprint density at radius 1 is 1.47 bits per heavy atom. The second kappa shape index (κ2) is 5.68. The van der Waals surface area contributed by atoms with Gasteiger partial charge in [0.05, 0.1) is 18.8 Å². The molecule has 0 spiro atoms. The lowest BCUT2D eigenvalue weighted by molar-refractivity contribution is -0.175. The highest BCUT2D eigenvalue weighted by atomic mass is 19.4. The van der Waals surface area contributed by atoms with Crippen molar-refractivity contribution in [2.45, 2.75) is 38.7 Å². The fourth-order valence-electron chi connectivity index (χ4n) is 1.81. The molecule has 0 radical (unpaired) electrons. The zero-order valence-electron chi connectivity index (χ0n) is 9.88. The zero-order chi connectivity index (χ0) is 13.1. The Morgan fingerprint density at radius 2 is 2.12 bits per heavy atom.